The van der Waals surface area contributed by atoms with Crippen LogP contribution in [0.3, 0.4) is 0 Å². The van der Waals surface area contributed by atoms with Gasteiger partial charge in [0.2, 0.25) is 5.91 Å². The van der Waals surface area contributed by atoms with Crippen LogP contribution in [0.4, 0.5) is 5.69 Å². The SMILES string of the molecule is CN=C(NCCC(=O)Nc1cccc(Cl)c1C)NCC(C)(C)SC.I. The zero-order chi connectivity index (χ0) is 18.2. The number of nitrogens with zero attached hydrogens (tertiary/aromatic N) is 1. The molecule has 1 amide bonds. The zero-order valence-corrected chi connectivity index (χ0v) is 19.3. The second-order valence-electron chi connectivity index (χ2n) is 6.03. The minimum absolute atomic E-state index is 0. The molecule has 3 N–H and O–H groups in total. The number of aliphatic imine (C=N–C) groups is 1. The number of hydrogen-bond donors (Lipinski definition) is 3. The Morgan fingerprint density at radius 3 is 2.60 bits per heavy atom. The molecule has 5 nitrogen and oxygen atoms in total. The molecule has 0 aliphatic heterocycles. The van der Waals surface area contributed by atoms with Crippen molar-refractivity contribution in [1.29, 1.82) is 0 Å². The smallest absolute Gasteiger partial charge is 0.226 e. The number of carbonyl (C=O) groups is 1. The van der Waals surface area contributed by atoms with Gasteiger partial charge in [-0.2, -0.15) is 11.8 Å². The van der Waals surface area contributed by atoms with E-state index in [2.05, 4.69) is 41.0 Å². The van der Waals surface area contributed by atoms with E-state index in [9.17, 15) is 4.79 Å². The van der Waals surface area contributed by atoms with Crippen molar-refractivity contribution in [2.45, 2.75) is 31.9 Å². The fourth-order valence-electron chi connectivity index (χ4n) is 1.84. The predicted octanol–water partition coefficient (Wildman–Crippen LogP) is 3.90. The van der Waals surface area contributed by atoms with Crippen LogP contribution in [0.25, 0.3) is 0 Å². The summed E-state index contributed by atoms with van der Waals surface area (Å²) in [4.78, 5) is 16.2. The number of amides is 1. The Morgan fingerprint density at radius 2 is 2.00 bits per heavy atom. The van der Waals surface area contributed by atoms with Crippen molar-refractivity contribution in [2.75, 3.05) is 31.7 Å². The summed E-state index contributed by atoms with van der Waals surface area (Å²) in [5.41, 5.74) is 1.62. The molecule has 0 radical (unpaired) electrons. The van der Waals surface area contributed by atoms with E-state index in [0.29, 0.717) is 23.9 Å². The van der Waals surface area contributed by atoms with E-state index in [4.69, 9.17) is 11.6 Å². The molecule has 0 aromatic heterocycles. The molecule has 0 saturated carbocycles. The van der Waals surface area contributed by atoms with E-state index in [0.717, 1.165) is 17.8 Å². The van der Waals surface area contributed by atoms with Crippen LogP contribution in [-0.4, -0.2) is 43.0 Å². The Bertz CT molecular complexity index is 596. The van der Waals surface area contributed by atoms with Gasteiger partial charge in [-0.05, 0) is 44.7 Å². The first kappa shape index (κ1) is 24.3. The number of hydrogen-bond acceptors (Lipinski definition) is 3. The van der Waals surface area contributed by atoms with Crippen molar-refractivity contribution in [1.82, 2.24) is 10.6 Å². The molecule has 0 spiro atoms. The van der Waals surface area contributed by atoms with Gasteiger partial charge in [0, 0.05) is 42.0 Å². The van der Waals surface area contributed by atoms with Gasteiger partial charge in [-0.25, -0.2) is 0 Å². The van der Waals surface area contributed by atoms with Gasteiger partial charge >= 0.3 is 0 Å². The summed E-state index contributed by atoms with van der Waals surface area (Å²) in [7, 11) is 1.72. The van der Waals surface area contributed by atoms with Gasteiger partial charge in [0.1, 0.15) is 0 Å². The lowest BCUT2D eigenvalue weighted by Gasteiger charge is -2.23. The molecule has 0 bridgehead atoms. The highest BCUT2D eigenvalue weighted by atomic mass is 127. The van der Waals surface area contributed by atoms with Gasteiger partial charge < -0.3 is 16.0 Å². The van der Waals surface area contributed by atoms with Crippen molar-refractivity contribution in [2.24, 2.45) is 4.99 Å². The van der Waals surface area contributed by atoms with E-state index < -0.39 is 0 Å². The van der Waals surface area contributed by atoms with Gasteiger partial charge in [-0.1, -0.05) is 17.7 Å². The summed E-state index contributed by atoms with van der Waals surface area (Å²) in [5.74, 6) is 0.636. The van der Waals surface area contributed by atoms with Crippen molar-refractivity contribution in [3.8, 4) is 0 Å². The molecule has 0 fully saturated rings. The molecule has 0 heterocycles. The number of rotatable bonds is 7. The van der Waals surface area contributed by atoms with Crippen LogP contribution < -0.4 is 16.0 Å². The van der Waals surface area contributed by atoms with Gasteiger partial charge in [0.15, 0.2) is 5.96 Å². The number of carbonyl (C=O) groups excluding carboxylic acids is 1. The molecular weight excluding hydrogens is 471 g/mol. The summed E-state index contributed by atoms with van der Waals surface area (Å²) in [5, 5.41) is 9.95. The minimum Gasteiger partial charge on any atom is -0.356 e. The maximum atomic E-state index is 12.1. The Kier molecular flexibility index (Phi) is 11.5. The number of anilines is 1. The van der Waals surface area contributed by atoms with Gasteiger partial charge in [0.05, 0.1) is 0 Å². The number of thioether (sulfide) groups is 1. The molecule has 1 rings (SSSR count). The topological polar surface area (TPSA) is 65.5 Å². The Balaban J connectivity index is 0.00000576. The Morgan fingerprint density at radius 1 is 1.32 bits per heavy atom. The lowest BCUT2D eigenvalue weighted by Crippen LogP contribution is -2.44. The highest BCUT2D eigenvalue weighted by molar-refractivity contribution is 14.0. The normalized spacial score (nSPS) is 11.5. The number of guanidine groups is 1. The third-order valence-corrected chi connectivity index (χ3v) is 5.30. The van der Waals surface area contributed by atoms with Crippen LogP contribution in [-0.2, 0) is 4.79 Å². The van der Waals surface area contributed by atoms with E-state index in [-0.39, 0.29) is 34.6 Å². The van der Waals surface area contributed by atoms with E-state index in [1.165, 1.54) is 0 Å². The van der Waals surface area contributed by atoms with Crippen molar-refractivity contribution < 1.29 is 4.79 Å². The van der Waals surface area contributed by atoms with Crippen LogP contribution in [0, 0.1) is 6.92 Å². The lowest BCUT2D eigenvalue weighted by molar-refractivity contribution is -0.116. The van der Waals surface area contributed by atoms with Crippen LogP contribution in [0.15, 0.2) is 23.2 Å². The largest absolute Gasteiger partial charge is 0.356 e. The number of halogens is 2. The summed E-state index contributed by atoms with van der Waals surface area (Å²) in [6.45, 7) is 7.51. The molecule has 1 aromatic rings. The first-order valence-electron chi connectivity index (χ1n) is 7.83. The fourth-order valence-corrected chi connectivity index (χ4v) is 2.23. The molecular formula is C17H28ClIN4OS. The highest BCUT2D eigenvalue weighted by Crippen LogP contribution is 2.23. The average molecular weight is 499 g/mol. The average Bonchev–Trinajstić information content (AvgIpc) is 2.55. The zero-order valence-electron chi connectivity index (χ0n) is 15.4. The molecule has 8 heteroatoms. The van der Waals surface area contributed by atoms with Crippen LogP contribution in [0.2, 0.25) is 5.02 Å². The summed E-state index contributed by atoms with van der Waals surface area (Å²) in [6.07, 6.45) is 2.43. The third kappa shape index (κ3) is 9.01. The quantitative estimate of drug-likeness (QED) is 0.303. The van der Waals surface area contributed by atoms with Crippen LogP contribution in [0.1, 0.15) is 25.8 Å². The van der Waals surface area contributed by atoms with E-state index in [1.54, 1.807) is 24.9 Å². The lowest BCUT2D eigenvalue weighted by atomic mass is 10.2. The third-order valence-electron chi connectivity index (χ3n) is 3.64. The molecule has 142 valence electrons. The Labute approximate surface area is 177 Å². The van der Waals surface area contributed by atoms with E-state index >= 15 is 0 Å². The van der Waals surface area contributed by atoms with Gasteiger partial charge in [0.25, 0.3) is 0 Å². The predicted molar refractivity (Wildman–Crippen MR) is 122 cm³/mol. The van der Waals surface area contributed by atoms with Gasteiger partial charge in [-0.3, -0.25) is 9.79 Å². The highest BCUT2D eigenvalue weighted by Gasteiger charge is 2.16. The molecule has 1 aromatic carbocycles. The van der Waals surface area contributed by atoms with Crippen molar-refractivity contribution in [3.05, 3.63) is 28.8 Å². The molecule has 0 aliphatic carbocycles. The molecule has 0 atom stereocenters. The standard InChI is InChI=1S/C17H27ClN4OS.HI/c1-12-13(18)7-6-8-14(12)22-15(23)9-10-20-16(19-4)21-11-17(2,3)24-5;/h6-8H,9-11H2,1-5H3,(H,22,23)(H2,19,20,21);1H. The van der Waals surface area contributed by atoms with Crippen LogP contribution >= 0.6 is 47.3 Å². The summed E-state index contributed by atoms with van der Waals surface area (Å²) < 4.78 is 0.124. The molecule has 0 unspecified atom stereocenters. The maximum absolute atomic E-state index is 12.1. The minimum atomic E-state index is -0.0623. The van der Waals surface area contributed by atoms with Crippen LogP contribution in [0.5, 0.6) is 0 Å². The maximum Gasteiger partial charge on any atom is 0.226 e. The molecule has 0 aliphatic rings. The fraction of sp³-hybridized carbons (Fsp3) is 0.529. The molecule has 25 heavy (non-hydrogen) atoms. The Hall–Kier alpha value is -0.670. The monoisotopic (exact) mass is 498 g/mol. The first-order valence-corrected chi connectivity index (χ1v) is 9.44. The number of benzene rings is 1. The second-order valence-corrected chi connectivity index (χ2v) is 7.95. The van der Waals surface area contributed by atoms with Crippen molar-refractivity contribution in [3.63, 3.8) is 0 Å². The van der Waals surface area contributed by atoms with Gasteiger partial charge in [-0.15, -0.1) is 24.0 Å². The number of nitrogens with one attached hydrogen (secondary N) is 3. The van der Waals surface area contributed by atoms with E-state index in [1.807, 2.05) is 19.1 Å². The second kappa shape index (κ2) is 11.9. The molecule has 0 saturated heterocycles. The summed E-state index contributed by atoms with van der Waals surface area (Å²) in [6, 6.07) is 5.47. The first-order chi connectivity index (χ1) is 11.3. The summed E-state index contributed by atoms with van der Waals surface area (Å²) >= 11 is 7.85. The van der Waals surface area contributed by atoms with Crippen molar-refractivity contribution >= 4 is 64.9 Å².